The van der Waals surface area contributed by atoms with Crippen molar-refractivity contribution in [3.63, 3.8) is 0 Å². The molecule has 0 atom stereocenters. The molecule has 0 aliphatic rings. The van der Waals surface area contributed by atoms with Crippen LogP contribution < -0.4 is 5.32 Å². The number of carbonyl (C=O) groups excluding carboxylic acids is 1. The van der Waals surface area contributed by atoms with Crippen LogP contribution in [0.5, 0.6) is 0 Å². The monoisotopic (exact) mass is 273 g/mol. The highest BCUT2D eigenvalue weighted by Gasteiger charge is 2.05. The van der Waals surface area contributed by atoms with E-state index in [0.29, 0.717) is 12.1 Å². The third kappa shape index (κ3) is 3.94. The van der Waals surface area contributed by atoms with Gasteiger partial charge in [-0.2, -0.15) is 5.10 Å². The zero-order valence-corrected chi connectivity index (χ0v) is 10.8. The number of carboxylic acid groups (broad SMARTS) is 1. The van der Waals surface area contributed by atoms with E-state index < -0.39 is 5.97 Å². The zero-order chi connectivity index (χ0) is 14.4. The second kappa shape index (κ2) is 6.51. The van der Waals surface area contributed by atoms with Crippen LogP contribution >= 0.6 is 0 Å². The number of amides is 1. The number of carboxylic acids is 1. The van der Waals surface area contributed by atoms with Gasteiger partial charge in [0.25, 0.3) is 0 Å². The number of nitrogens with one attached hydrogen (secondary N) is 1. The predicted octanol–water partition coefficient (Wildman–Crippen LogP) is 2.07. The van der Waals surface area contributed by atoms with E-state index in [1.165, 1.54) is 0 Å². The lowest BCUT2D eigenvalue weighted by Crippen LogP contribution is -2.11. The molecule has 0 aliphatic heterocycles. The second-order valence-corrected chi connectivity index (χ2v) is 4.29. The lowest BCUT2D eigenvalue weighted by atomic mass is 10.2. The average molecular weight is 273 g/mol. The molecule has 6 heteroatoms. The van der Waals surface area contributed by atoms with Crippen molar-refractivity contribution < 1.29 is 14.7 Å². The molecule has 0 saturated carbocycles. The van der Waals surface area contributed by atoms with Crippen LogP contribution in [0.15, 0.2) is 42.7 Å². The van der Waals surface area contributed by atoms with Crippen LogP contribution in [0.2, 0.25) is 0 Å². The molecule has 2 N–H and O–H groups in total. The first-order valence-electron chi connectivity index (χ1n) is 6.27. The molecule has 6 nitrogen and oxygen atoms in total. The Hall–Kier alpha value is -2.63. The standard InChI is InChI=1S/C14H15N3O3/c18-13(3-1-4-14(19)20)16-11-5-7-12(8-6-11)17-10-2-9-15-17/h2,5-10H,1,3-4H2,(H,16,18)(H,19,20). The molecule has 0 saturated heterocycles. The maximum absolute atomic E-state index is 11.6. The fraction of sp³-hybridized carbons (Fsp3) is 0.214. The summed E-state index contributed by atoms with van der Waals surface area (Å²) in [5.41, 5.74) is 1.58. The van der Waals surface area contributed by atoms with Gasteiger partial charge in [-0.3, -0.25) is 9.59 Å². The molecule has 1 amide bonds. The molecule has 1 heterocycles. The summed E-state index contributed by atoms with van der Waals surface area (Å²) in [5.74, 6) is -1.07. The van der Waals surface area contributed by atoms with Gasteiger partial charge in [-0.1, -0.05) is 0 Å². The minimum absolute atomic E-state index is 0.00561. The van der Waals surface area contributed by atoms with Crippen molar-refractivity contribution in [1.29, 1.82) is 0 Å². The van der Waals surface area contributed by atoms with E-state index in [0.717, 1.165) is 5.69 Å². The molecular formula is C14H15N3O3. The summed E-state index contributed by atoms with van der Waals surface area (Å²) in [6, 6.07) is 9.09. The molecule has 0 fully saturated rings. The number of hydrogen-bond acceptors (Lipinski definition) is 3. The fourth-order valence-corrected chi connectivity index (χ4v) is 1.74. The molecule has 0 radical (unpaired) electrons. The number of hydrogen-bond donors (Lipinski definition) is 2. The molecule has 20 heavy (non-hydrogen) atoms. The largest absolute Gasteiger partial charge is 0.481 e. The number of anilines is 1. The molecule has 0 unspecified atom stereocenters. The van der Waals surface area contributed by atoms with Crippen LogP contribution in [-0.2, 0) is 9.59 Å². The van der Waals surface area contributed by atoms with E-state index >= 15 is 0 Å². The van der Waals surface area contributed by atoms with E-state index in [1.54, 1.807) is 23.0 Å². The lowest BCUT2D eigenvalue weighted by molar-refractivity contribution is -0.137. The third-order valence-electron chi connectivity index (χ3n) is 2.71. The first kappa shape index (κ1) is 13.8. The van der Waals surface area contributed by atoms with Crippen LogP contribution in [0.4, 0.5) is 5.69 Å². The number of aromatic nitrogens is 2. The Morgan fingerprint density at radius 1 is 1.20 bits per heavy atom. The Labute approximate surface area is 116 Å². The quantitative estimate of drug-likeness (QED) is 0.843. The average Bonchev–Trinajstić information content (AvgIpc) is 2.93. The topological polar surface area (TPSA) is 84.2 Å². The van der Waals surface area contributed by atoms with Crippen molar-refractivity contribution in [2.45, 2.75) is 19.3 Å². The van der Waals surface area contributed by atoms with Crippen LogP contribution in [0, 0.1) is 0 Å². The molecule has 0 aliphatic carbocycles. The number of nitrogens with zero attached hydrogens (tertiary/aromatic N) is 2. The first-order valence-corrected chi connectivity index (χ1v) is 6.27. The Bertz CT molecular complexity index is 576. The Morgan fingerprint density at radius 2 is 1.95 bits per heavy atom. The molecule has 104 valence electrons. The maximum atomic E-state index is 11.6. The highest BCUT2D eigenvalue weighted by Crippen LogP contribution is 2.13. The molecule has 1 aromatic carbocycles. The molecule has 2 aromatic rings. The molecule has 0 spiro atoms. The van der Waals surface area contributed by atoms with Crippen molar-refractivity contribution in [2.24, 2.45) is 0 Å². The summed E-state index contributed by atoms with van der Waals surface area (Å²) in [6.07, 6.45) is 4.07. The summed E-state index contributed by atoms with van der Waals surface area (Å²) in [5, 5.41) is 15.3. The van der Waals surface area contributed by atoms with Crippen LogP contribution in [0.1, 0.15) is 19.3 Å². The summed E-state index contributed by atoms with van der Waals surface area (Å²) in [4.78, 5) is 21.9. The number of benzene rings is 1. The highest BCUT2D eigenvalue weighted by molar-refractivity contribution is 5.90. The van der Waals surface area contributed by atoms with Gasteiger partial charge in [0.1, 0.15) is 0 Å². The Kier molecular flexibility index (Phi) is 4.49. The number of rotatable bonds is 6. The van der Waals surface area contributed by atoms with Crippen molar-refractivity contribution >= 4 is 17.6 Å². The maximum Gasteiger partial charge on any atom is 0.303 e. The molecular weight excluding hydrogens is 258 g/mol. The van der Waals surface area contributed by atoms with Gasteiger partial charge in [-0.15, -0.1) is 0 Å². The van der Waals surface area contributed by atoms with E-state index in [-0.39, 0.29) is 18.7 Å². The van der Waals surface area contributed by atoms with Gasteiger partial charge < -0.3 is 10.4 Å². The van der Waals surface area contributed by atoms with Gasteiger partial charge >= 0.3 is 5.97 Å². The SMILES string of the molecule is O=C(O)CCCC(=O)Nc1ccc(-n2cccn2)cc1. The molecule has 1 aromatic heterocycles. The van der Waals surface area contributed by atoms with Gasteiger partial charge in [0.2, 0.25) is 5.91 Å². The lowest BCUT2D eigenvalue weighted by Gasteiger charge is -2.06. The van der Waals surface area contributed by atoms with E-state index in [2.05, 4.69) is 10.4 Å². The number of carbonyl (C=O) groups is 2. The van der Waals surface area contributed by atoms with Crippen molar-refractivity contribution in [3.05, 3.63) is 42.7 Å². The molecule has 2 rings (SSSR count). The summed E-state index contributed by atoms with van der Waals surface area (Å²) < 4.78 is 1.72. The van der Waals surface area contributed by atoms with E-state index in [1.807, 2.05) is 24.4 Å². The molecule has 0 bridgehead atoms. The minimum atomic E-state index is -0.888. The van der Waals surface area contributed by atoms with Gasteiger partial charge in [0, 0.05) is 30.9 Å². The van der Waals surface area contributed by atoms with E-state index in [4.69, 9.17) is 5.11 Å². The van der Waals surface area contributed by atoms with Gasteiger partial charge in [0.05, 0.1) is 5.69 Å². The van der Waals surface area contributed by atoms with Crippen molar-refractivity contribution in [3.8, 4) is 5.69 Å². The summed E-state index contributed by atoms with van der Waals surface area (Å²) >= 11 is 0. The van der Waals surface area contributed by atoms with Crippen molar-refractivity contribution in [2.75, 3.05) is 5.32 Å². The van der Waals surface area contributed by atoms with Gasteiger partial charge in [0.15, 0.2) is 0 Å². The Balaban J connectivity index is 1.87. The van der Waals surface area contributed by atoms with Crippen LogP contribution in [0.3, 0.4) is 0 Å². The van der Waals surface area contributed by atoms with Gasteiger partial charge in [-0.05, 0) is 36.8 Å². The minimum Gasteiger partial charge on any atom is -0.481 e. The highest BCUT2D eigenvalue weighted by atomic mass is 16.4. The van der Waals surface area contributed by atoms with Gasteiger partial charge in [-0.25, -0.2) is 4.68 Å². The Morgan fingerprint density at radius 3 is 2.55 bits per heavy atom. The fourth-order valence-electron chi connectivity index (χ4n) is 1.74. The smallest absolute Gasteiger partial charge is 0.303 e. The first-order chi connectivity index (χ1) is 9.65. The van der Waals surface area contributed by atoms with E-state index in [9.17, 15) is 9.59 Å². The van der Waals surface area contributed by atoms with Crippen LogP contribution in [0.25, 0.3) is 5.69 Å². The normalized spacial score (nSPS) is 10.2. The summed E-state index contributed by atoms with van der Waals surface area (Å²) in [6.45, 7) is 0. The number of aliphatic carboxylic acids is 1. The third-order valence-corrected chi connectivity index (χ3v) is 2.71. The van der Waals surface area contributed by atoms with Crippen LogP contribution in [-0.4, -0.2) is 26.8 Å². The van der Waals surface area contributed by atoms with Crippen molar-refractivity contribution in [1.82, 2.24) is 9.78 Å². The predicted molar refractivity (Wildman–Crippen MR) is 73.7 cm³/mol. The second-order valence-electron chi connectivity index (χ2n) is 4.29. The summed E-state index contributed by atoms with van der Waals surface area (Å²) in [7, 11) is 0. The zero-order valence-electron chi connectivity index (χ0n) is 10.8.